The summed E-state index contributed by atoms with van der Waals surface area (Å²) in [7, 11) is 5.53. The number of hydrazone groups is 1. The molecule has 3 aromatic rings. The molecule has 0 aliphatic carbocycles. The van der Waals surface area contributed by atoms with Gasteiger partial charge < -0.3 is 9.64 Å². The molecular formula is C24H25N5O2. The van der Waals surface area contributed by atoms with Gasteiger partial charge in [0.15, 0.2) is 0 Å². The fraction of sp³-hybridized carbons (Fsp3) is 0.167. The van der Waals surface area contributed by atoms with Gasteiger partial charge in [0.25, 0.3) is 5.91 Å². The molecule has 1 N–H and O–H groups in total. The molecular weight excluding hydrogens is 390 g/mol. The van der Waals surface area contributed by atoms with Crippen LogP contribution in [0.5, 0.6) is 5.75 Å². The van der Waals surface area contributed by atoms with Crippen LogP contribution in [0.3, 0.4) is 0 Å². The molecule has 1 amide bonds. The topological polar surface area (TPSA) is 78.6 Å². The molecule has 0 aliphatic heterocycles. The largest absolute Gasteiger partial charge is 0.497 e. The first kappa shape index (κ1) is 21.7. The van der Waals surface area contributed by atoms with Crippen LogP contribution in [-0.4, -0.2) is 32.9 Å². The normalized spacial score (nSPS) is 11.4. The summed E-state index contributed by atoms with van der Waals surface area (Å²) in [5.74, 6) is 0.644. The van der Waals surface area contributed by atoms with Gasteiger partial charge in [0.05, 0.1) is 12.8 Å². The van der Waals surface area contributed by atoms with Crippen molar-refractivity contribution in [2.75, 3.05) is 26.1 Å². The van der Waals surface area contributed by atoms with Crippen molar-refractivity contribution < 1.29 is 9.53 Å². The molecule has 0 fully saturated rings. The van der Waals surface area contributed by atoms with Crippen molar-refractivity contribution in [1.29, 1.82) is 0 Å². The minimum atomic E-state index is -0.320. The molecule has 3 rings (SSSR count). The Morgan fingerprint density at radius 3 is 2.26 bits per heavy atom. The van der Waals surface area contributed by atoms with Gasteiger partial charge in [-0.3, -0.25) is 4.79 Å². The molecule has 0 radical (unpaired) electrons. The zero-order valence-electron chi connectivity index (χ0n) is 18.0. The van der Waals surface area contributed by atoms with E-state index in [-0.39, 0.29) is 11.7 Å². The van der Waals surface area contributed by atoms with Gasteiger partial charge in [-0.1, -0.05) is 23.8 Å². The third kappa shape index (κ3) is 5.99. The van der Waals surface area contributed by atoms with Crippen molar-refractivity contribution >= 4 is 23.1 Å². The Kier molecular flexibility index (Phi) is 7.11. The molecule has 0 unspecified atom stereocenters. The number of azo groups is 1. The number of nitrogens with zero attached hydrogens (tertiary/aromatic N) is 4. The summed E-state index contributed by atoms with van der Waals surface area (Å²) in [5, 5.41) is 12.8. The van der Waals surface area contributed by atoms with E-state index in [0.717, 1.165) is 16.8 Å². The second-order valence-corrected chi connectivity index (χ2v) is 7.09. The van der Waals surface area contributed by atoms with Gasteiger partial charge in [0, 0.05) is 37.0 Å². The number of carbonyl (C=O) groups excluding carboxylic acids is 1. The third-order valence-electron chi connectivity index (χ3n) is 4.53. The Morgan fingerprint density at radius 1 is 0.935 bits per heavy atom. The van der Waals surface area contributed by atoms with Gasteiger partial charge in [0.1, 0.15) is 5.75 Å². The van der Waals surface area contributed by atoms with Crippen LogP contribution in [0.25, 0.3) is 0 Å². The van der Waals surface area contributed by atoms with Gasteiger partial charge in [0.2, 0.25) is 5.84 Å². The highest BCUT2D eigenvalue weighted by Crippen LogP contribution is 2.20. The van der Waals surface area contributed by atoms with Gasteiger partial charge >= 0.3 is 0 Å². The van der Waals surface area contributed by atoms with Crippen molar-refractivity contribution in [2.24, 2.45) is 15.3 Å². The molecule has 0 spiro atoms. The number of benzene rings is 3. The molecule has 0 saturated heterocycles. The van der Waals surface area contributed by atoms with Crippen molar-refractivity contribution in [1.82, 2.24) is 5.43 Å². The minimum absolute atomic E-state index is 0.286. The lowest BCUT2D eigenvalue weighted by Crippen LogP contribution is -2.19. The molecule has 0 bridgehead atoms. The lowest BCUT2D eigenvalue weighted by atomic mass is 10.1. The average Bonchev–Trinajstić information content (AvgIpc) is 2.79. The Hall–Kier alpha value is -4.00. The minimum Gasteiger partial charge on any atom is -0.497 e. The molecule has 0 atom stereocenters. The van der Waals surface area contributed by atoms with E-state index in [4.69, 9.17) is 4.74 Å². The zero-order chi connectivity index (χ0) is 22.2. The van der Waals surface area contributed by atoms with E-state index >= 15 is 0 Å². The second-order valence-electron chi connectivity index (χ2n) is 7.09. The van der Waals surface area contributed by atoms with E-state index < -0.39 is 0 Å². The first-order valence-corrected chi connectivity index (χ1v) is 9.74. The average molecular weight is 415 g/mol. The summed E-state index contributed by atoms with van der Waals surface area (Å²) < 4.78 is 5.22. The van der Waals surface area contributed by atoms with Crippen molar-refractivity contribution in [3.63, 3.8) is 0 Å². The number of nitrogens with one attached hydrogen (secondary N) is 1. The van der Waals surface area contributed by atoms with Crippen LogP contribution < -0.4 is 15.1 Å². The first-order valence-electron chi connectivity index (χ1n) is 9.74. The molecule has 3 aromatic carbocycles. The molecule has 158 valence electrons. The van der Waals surface area contributed by atoms with E-state index in [1.165, 1.54) is 0 Å². The molecule has 0 saturated carbocycles. The summed E-state index contributed by atoms with van der Waals surface area (Å²) in [6, 6.07) is 22.2. The standard InChI is InChI=1S/C24H25N5O2/c1-17-8-10-19(11-9-17)24(30)28-27-23(18-12-14-21(15-13-18)29(2)3)26-25-20-6-5-7-22(16-20)31-4/h5-16H,1-4H3,(H,28,30)/b26-25?,27-23+. The Morgan fingerprint density at radius 2 is 1.61 bits per heavy atom. The maximum atomic E-state index is 12.5. The van der Waals surface area contributed by atoms with Crippen molar-refractivity contribution in [2.45, 2.75) is 6.92 Å². The van der Waals surface area contributed by atoms with Crippen LogP contribution in [0, 0.1) is 6.92 Å². The highest BCUT2D eigenvalue weighted by atomic mass is 16.5. The van der Waals surface area contributed by atoms with E-state index in [1.54, 1.807) is 25.3 Å². The number of aryl methyl sites for hydroxylation is 1. The fourth-order valence-electron chi connectivity index (χ4n) is 2.70. The van der Waals surface area contributed by atoms with Crippen LogP contribution in [-0.2, 0) is 0 Å². The predicted molar refractivity (Wildman–Crippen MR) is 123 cm³/mol. The second kappa shape index (κ2) is 10.2. The number of ether oxygens (including phenoxy) is 1. The highest BCUT2D eigenvalue weighted by molar-refractivity contribution is 6.01. The van der Waals surface area contributed by atoms with Crippen LogP contribution in [0.2, 0.25) is 0 Å². The summed E-state index contributed by atoms with van der Waals surface area (Å²) in [6.07, 6.45) is 0. The molecule has 0 aromatic heterocycles. The number of anilines is 1. The first-order chi connectivity index (χ1) is 15.0. The van der Waals surface area contributed by atoms with Gasteiger partial charge in [-0.25, -0.2) is 5.43 Å². The summed E-state index contributed by atoms with van der Waals surface area (Å²) in [4.78, 5) is 14.5. The van der Waals surface area contributed by atoms with E-state index in [0.29, 0.717) is 17.0 Å². The maximum Gasteiger partial charge on any atom is 0.271 e. The predicted octanol–water partition coefficient (Wildman–Crippen LogP) is 4.95. The molecule has 0 heterocycles. The van der Waals surface area contributed by atoms with Crippen LogP contribution in [0.1, 0.15) is 21.5 Å². The number of hydrogen-bond donors (Lipinski definition) is 1. The van der Waals surface area contributed by atoms with Crippen LogP contribution >= 0.6 is 0 Å². The Labute approximate surface area is 182 Å². The number of hydrogen-bond acceptors (Lipinski definition) is 5. The lowest BCUT2D eigenvalue weighted by molar-refractivity contribution is 0.0955. The smallest absolute Gasteiger partial charge is 0.271 e. The summed E-state index contributed by atoms with van der Waals surface area (Å²) >= 11 is 0. The quantitative estimate of drug-likeness (QED) is 0.268. The lowest BCUT2D eigenvalue weighted by Gasteiger charge is -2.12. The third-order valence-corrected chi connectivity index (χ3v) is 4.53. The number of amidine groups is 1. The Balaban J connectivity index is 1.88. The summed E-state index contributed by atoms with van der Waals surface area (Å²) in [5.41, 5.74) is 6.54. The van der Waals surface area contributed by atoms with Crippen LogP contribution in [0.4, 0.5) is 11.4 Å². The maximum absolute atomic E-state index is 12.5. The highest BCUT2D eigenvalue weighted by Gasteiger charge is 2.08. The Bertz CT molecular complexity index is 1090. The summed E-state index contributed by atoms with van der Waals surface area (Å²) in [6.45, 7) is 1.97. The van der Waals surface area contributed by atoms with E-state index in [1.807, 2.05) is 80.5 Å². The fourth-order valence-corrected chi connectivity index (χ4v) is 2.70. The number of rotatable bonds is 6. The van der Waals surface area contributed by atoms with Crippen molar-refractivity contribution in [3.05, 3.63) is 89.5 Å². The molecule has 7 nitrogen and oxygen atoms in total. The van der Waals surface area contributed by atoms with E-state index in [9.17, 15) is 4.79 Å². The zero-order valence-corrected chi connectivity index (χ0v) is 18.0. The van der Waals surface area contributed by atoms with Crippen LogP contribution in [0.15, 0.2) is 88.1 Å². The van der Waals surface area contributed by atoms with Gasteiger partial charge in [-0.05, 0) is 55.5 Å². The molecule has 0 aliphatic rings. The SMILES string of the molecule is COc1cccc(N=N/C(=N/NC(=O)c2ccc(C)cc2)c2ccc(N(C)C)cc2)c1. The number of methoxy groups -OCH3 is 1. The number of amides is 1. The number of carbonyl (C=O) groups is 1. The molecule has 7 heteroatoms. The van der Waals surface area contributed by atoms with E-state index in [2.05, 4.69) is 20.8 Å². The molecule has 31 heavy (non-hydrogen) atoms. The van der Waals surface area contributed by atoms with Crippen molar-refractivity contribution in [3.8, 4) is 5.75 Å². The monoisotopic (exact) mass is 415 g/mol. The van der Waals surface area contributed by atoms with Gasteiger partial charge in [-0.2, -0.15) is 0 Å². The van der Waals surface area contributed by atoms with Gasteiger partial charge in [-0.15, -0.1) is 15.3 Å².